The van der Waals surface area contributed by atoms with E-state index in [1.165, 1.54) is 0 Å². The van der Waals surface area contributed by atoms with E-state index in [2.05, 4.69) is 0 Å². The fourth-order valence-electron chi connectivity index (χ4n) is 1.54. The number of benzene rings is 1. The van der Waals surface area contributed by atoms with Gasteiger partial charge in [-0.1, -0.05) is 24.9 Å². The Morgan fingerprint density at radius 2 is 1.94 bits per heavy atom. The number of carbonyl (C=O) groups excluding carboxylic acids is 1. The van der Waals surface area contributed by atoms with Crippen LogP contribution in [0.3, 0.4) is 0 Å². The number of halogens is 1. The highest BCUT2D eigenvalue weighted by Crippen LogP contribution is 2.19. The molecule has 0 bridgehead atoms. The lowest BCUT2D eigenvalue weighted by molar-refractivity contribution is -0.142. The summed E-state index contributed by atoms with van der Waals surface area (Å²) < 4.78 is 17.3. The second-order valence-electron chi connectivity index (χ2n) is 3.78. The van der Waals surface area contributed by atoms with Crippen LogP contribution in [0.25, 0.3) is 0 Å². The Morgan fingerprint density at radius 3 is 2.44 bits per heavy atom. The van der Waals surface area contributed by atoms with Crippen molar-refractivity contribution in [3.05, 3.63) is 29.3 Å². The van der Waals surface area contributed by atoms with E-state index in [4.69, 9.17) is 16.3 Å². The molecule has 0 heterocycles. The highest BCUT2D eigenvalue weighted by molar-refractivity contribution is 7.86. The summed E-state index contributed by atoms with van der Waals surface area (Å²) in [7, 11) is -1.39. The van der Waals surface area contributed by atoms with Crippen LogP contribution in [-0.4, -0.2) is 22.0 Å². The largest absolute Gasteiger partial charge is 0.465 e. The second kappa shape index (κ2) is 7.54. The maximum absolute atomic E-state index is 12.3. The van der Waals surface area contributed by atoms with Crippen LogP contribution in [0.5, 0.6) is 0 Å². The van der Waals surface area contributed by atoms with Gasteiger partial charge < -0.3 is 4.74 Å². The molecule has 5 heteroatoms. The standard InChI is InChI=1S/C13H17ClO3S/c1-3-5-12(13(15)17-4-2)18(16)11-8-6-10(14)7-9-11/h6-9,12H,3-5H2,1-2H3. The number of carbonyl (C=O) groups is 1. The summed E-state index contributed by atoms with van der Waals surface area (Å²) in [6, 6.07) is 6.70. The van der Waals surface area contributed by atoms with Crippen molar-refractivity contribution in [1.82, 2.24) is 0 Å². The van der Waals surface area contributed by atoms with Crippen molar-refractivity contribution < 1.29 is 13.7 Å². The molecular weight excluding hydrogens is 272 g/mol. The van der Waals surface area contributed by atoms with Gasteiger partial charge in [0.05, 0.1) is 17.4 Å². The highest BCUT2D eigenvalue weighted by atomic mass is 35.5. The first-order chi connectivity index (χ1) is 8.60. The average molecular weight is 289 g/mol. The summed E-state index contributed by atoms with van der Waals surface area (Å²) >= 11 is 5.78. The first-order valence-electron chi connectivity index (χ1n) is 5.92. The number of hydrogen-bond donors (Lipinski definition) is 0. The van der Waals surface area contributed by atoms with E-state index in [0.29, 0.717) is 22.9 Å². The Hall–Kier alpha value is -0.870. The molecule has 0 N–H and O–H groups in total. The van der Waals surface area contributed by atoms with Gasteiger partial charge in [0.2, 0.25) is 0 Å². The smallest absolute Gasteiger partial charge is 0.322 e. The molecule has 0 aliphatic carbocycles. The minimum atomic E-state index is -1.39. The minimum Gasteiger partial charge on any atom is -0.465 e. The molecule has 0 aliphatic rings. The van der Waals surface area contributed by atoms with E-state index in [1.807, 2.05) is 6.92 Å². The van der Waals surface area contributed by atoms with Crippen LogP contribution in [-0.2, 0) is 20.3 Å². The van der Waals surface area contributed by atoms with Crippen molar-refractivity contribution in [1.29, 1.82) is 0 Å². The summed E-state index contributed by atoms with van der Waals surface area (Å²) in [6.07, 6.45) is 1.33. The number of hydrogen-bond acceptors (Lipinski definition) is 3. The third kappa shape index (κ3) is 4.10. The van der Waals surface area contributed by atoms with E-state index in [0.717, 1.165) is 6.42 Å². The summed E-state index contributed by atoms with van der Waals surface area (Å²) in [5.41, 5.74) is 0. The molecule has 0 amide bonds. The summed E-state index contributed by atoms with van der Waals surface area (Å²) in [5.74, 6) is -0.396. The van der Waals surface area contributed by atoms with Gasteiger partial charge in [0.1, 0.15) is 5.25 Å². The molecule has 0 saturated heterocycles. The molecular formula is C13H17ClO3S. The predicted octanol–water partition coefficient (Wildman–Crippen LogP) is 3.18. The predicted molar refractivity (Wildman–Crippen MR) is 73.2 cm³/mol. The third-order valence-electron chi connectivity index (χ3n) is 2.40. The quantitative estimate of drug-likeness (QED) is 0.755. The molecule has 0 fully saturated rings. The van der Waals surface area contributed by atoms with Gasteiger partial charge in [-0.2, -0.15) is 0 Å². The Morgan fingerprint density at radius 1 is 1.33 bits per heavy atom. The van der Waals surface area contributed by atoms with E-state index in [9.17, 15) is 9.00 Å². The van der Waals surface area contributed by atoms with Crippen LogP contribution >= 0.6 is 11.6 Å². The Balaban J connectivity index is 2.88. The second-order valence-corrected chi connectivity index (χ2v) is 5.85. The molecule has 1 aromatic rings. The van der Waals surface area contributed by atoms with Crippen LogP contribution < -0.4 is 0 Å². The van der Waals surface area contributed by atoms with Crippen molar-refractivity contribution in [2.24, 2.45) is 0 Å². The zero-order valence-corrected chi connectivity index (χ0v) is 12.1. The van der Waals surface area contributed by atoms with Crippen LogP contribution in [0.15, 0.2) is 29.2 Å². The van der Waals surface area contributed by atoms with Crippen molar-refractivity contribution in [3.8, 4) is 0 Å². The first-order valence-corrected chi connectivity index (χ1v) is 7.52. The molecule has 0 saturated carbocycles. The molecule has 1 aromatic carbocycles. The Bertz CT molecular complexity index is 417. The Labute approximate surface area is 115 Å². The molecule has 0 spiro atoms. The molecule has 2 unspecified atom stereocenters. The SMILES string of the molecule is CCCC(C(=O)OCC)S(=O)c1ccc(Cl)cc1. The van der Waals surface area contributed by atoms with E-state index < -0.39 is 22.0 Å². The van der Waals surface area contributed by atoms with E-state index in [1.54, 1.807) is 31.2 Å². The molecule has 2 atom stereocenters. The van der Waals surface area contributed by atoms with Crippen molar-refractivity contribution in [3.63, 3.8) is 0 Å². The summed E-state index contributed by atoms with van der Waals surface area (Å²) in [5, 5.41) is -0.0185. The zero-order chi connectivity index (χ0) is 13.5. The summed E-state index contributed by atoms with van der Waals surface area (Å²) in [6.45, 7) is 3.99. The van der Waals surface area contributed by atoms with Gasteiger partial charge in [0, 0.05) is 9.92 Å². The first kappa shape index (κ1) is 15.2. The minimum absolute atomic E-state index is 0.302. The van der Waals surface area contributed by atoms with Crippen molar-refractivity contribution in [2.75, 3.05) is 6.61 Å². The van der Waals surface area contributed by atoms with Gasteiger partial charge in [-0.25, -0.2) is 0 Å². The highest BCUT2D eigenvalue weighted by Gasteiger charge is 2.26. The van der Waals surface area contributed by atoms with Crippen LogP contribution in [0.4, 0.5) is 0 Å². The number of rotatable bonds is 6. The maximum Gasteiger partial charge on any atom is 0.322 e. The van der Waals surface area contributed by atoms with E-state index >= 15 is 0 Å². The van der Waals surface area contributed by atoms with Crippen LogP contribution in [0, 0.1) is 0 Å². The fourth-order valence-corrected chi connectivity index (χ4v) is 3.09. The number of ether oxygens (including phenoxy) is 1. The molecule has 18 heavy (non-hydrogen) atoms. The molecule has 3 nitrogen and oxygen atoms in total. The van der Waals surface area contributed by atoms with Gasteiger partial charge >= 0.3 is 5.97 Å². The zero-order valence-electron chi connectivity index (χ0n) is 10.5. The molecule has 0 aromatic heterocycles. The van der Waals surface area contributed by atoms with Gasteiger partial charge in [0.15, 0.2) is 0 Å². The van der Waals surface area contributed by atoms with Gasteiger partial charge in [-0.05, 0) is 37.6 Å². The van der Waals surface area contributed by atoms with Crippen LogP contribution in [0.1, 0.15) is 26.7 Å². The maximum atomic E-state index is 12.3. The van der Waals surface area contributed by atoms with Gasteiger partial charge in [0.25, 0.3) is 0 Å². The lowest BCUT2D eigenvalue weighted by Crippen LogP contribution is -2.28. The van der Waals surface area contributed by atoms with Crippen LogP contribution in [0.2, 0.25) is 5.02 Å². The van der Waals surface area contributed by atoms with E-state index in [-0.39, 0.29) is 0 Å². The normalized spacial score (nSPS) is 13.9. The topological polar surface area (TPSA) is 43.4 Å². The monoisotopic (exact) mass is 288 g/mol. The fraction of sp³-hybridized carbons (Fsp3) is 0.462. The number of esters is 1. The Kier molecular flexibility index (Phi) is 6.36. The lowest BCUT2D eigenvalue weighted by Gasteiger charge is -2.14. The summed E-state index contributed by atoms with van der Waals surface area (Å²) in [4.78, 5) is 12.4. The molecule has 1 rings (SSSR count). The lowest BCUT2D eigenvalue weighted by atomic mass is 10.2. The van der Waals surface area contributed by atoms with Crippen molar-refractivity contribution >= 4 is 28.4 Å². The average Bonchev–Trinajstić information content (AvgIpc) is 2.36. The molecule has 100 valence electrons. The van der Waals surface area contributed by atoms with Gasteiger partial charge in [-0.3, -0.25) is 9.00 Å². The molecule has 0 radical (unpaired) electrons. The van der Waals surface area contributed by atoms with Gasteiger partial charge in [-0.15, -0.1) is 0 Å². The molecule has 0 aliphatic heterocycles. The van der Waals surface area contributed by atoms with Crippen molar-refractivity contribution in [2.45, 2.75) is 36.8 Å². The third-order valence-corrected chi connectivity index (χ3v) is 4.34.